The molecule has 152 valence electrons. The Morgan fingerprint density at radius 1 is 0.733 bits per heavy atom. The van der Waals surface area contributed by atoms with Gasteiger partial charge in [-0.2, -0.15) is 0 Å². The summed E-state index contributed by atoms with van der Waals surface area (Å²) < 4.78 is 30.6. The van der Waals surface area contributed by atoms with E-state index in [0.717, 1.165) is 0 Å². The molecule has 4 rings (SSSR count). The molecule has 30 heavy (non-hydrogen) atoms. The monoisotopic (exact) mass is 406 g/mol. The second kappa shape index (κ2) is 8.82. The Labute approximate surface area is 172 Å². The number of nitrogens with zero attached hydrogens (tertiary/aromatic N) is 4. The smallest absolute Gasteiger partial charge is 0.151 e. The minimum absolute atomic E-state index is 0.0457. The van der Waals surface area contributed by atoms with Crippen molar-refractivity contribution in [2.45, 2.75) is 24.9 Å². The largest absolute Gasteiger partial charge is 0.336 e. The van der Waals surface area contributed by atoms with E-state index in [9.17, 15) is 13.6 Å². The number of aromatic nitrogens is 4. The molecule has 2 aromatic carbocycles. The number of Topliss-reactive ketones (excluding diaryl/α,β-unsaturated/α-hetero) is 1. The number of benzene rings is 2. The summed E-state index contributed by atoms with van der Waals surface area (Å²) in [6.07, 6.45) is 10.2. The molecule has 0 aliphatic rings. The number of hydrogen-bond donors (Lipinski definition) is 0. The zero-order valence-corrected chi connectivity index (χ0v) is 16.1. The lowest BCUT2D eigenvalue weighted by Gasteiger charge is -2.24. The summed E-state index contributed by atoms with van der Waals surface area (Å²) in [5.41, 5.74) is 1.43. The number of carbonyl (C=O) groups excluding carboxylic acids is 1. The first kappa shape index (κ1) is 19.7. The molecule has 0 saturated heterocycles. The van der Waals surface area contributed by atoms with Crippen LogP contribution in [0.25, 0.3) is 0 Å². The van der Waals surface area contributed by atoms with Crippen molar-refractivity contribution < 1.29 is 13.6 Å². The molecule has 0 radical (unpaired) electrons. The van der Waals surface area contributed by atoms with Gasteiger partial charge in [-0.15, -0.1) is 0 Å². The summed E-state index contributed by atoms with van der Waals surface area (Å²) in [6.45, 7) is 0.734. The molecule has 0 amide bonds. The maximum Gasteiger partial charge on any atom is 0.151 e. The standard InChI is InChI=1S/C23H20F2N4O/c24-19-5-1-17(2-6-19)21(13-28-11-9-26-15-28)23(30)22(14-29-12-10-27-16-29)18-3-7-20(25)8-4-18/h1-12,15-16,21-22H,13-14H2. The predicted molar refractivity (Wildman–Crippen MR) is 108 cm³/mol. The lowest BCUT2D eigenvalue weighted by molar-refractivity contribution is -0.122. The van der Waals surface area contributed by atoms with Crippen molar-refractivity contribution in [2.24, 2.45) is 0 Å². The van der Waals surface area contributed by atoms with E-state index in [0.29, 0.717) is 24.2 Å². The first-order valence-corrected chi connectivity index (χ1v) is 9.56. The Kier molecular flexibility index (Phi) is 5.79. The van der Waals surface area contributed by atoms with Crippen molar-refractivity contribution in [2.75, 3.05) is 0 Å². The van der Waals surface area contributed by atoms with E-state index >= 15 is 0 Å². The molecule has 0 N–H and O–H groups in total. The Bertz CT molecular complexity index is 988. The average molecular weight is 406 g/mol. The molecule has 2 atom stereocenters. The number of imidazole rings is 2. The van der Waals surface area contributed by atoms with Crippen LogP contribution >= 0.6 is 0 Å². The van der Waals surface area contributed by atoms with Gasteiger partial charge in [-0.1, -0.05) is 24.3 Å². The Morgan fingerprint density at radius 3 is 1.47 bits per heavy atom. The summed E-state index contributed by atoms with van der Waals surface area (Å²) in [5, 5.41) is 0. The summed E-state index contributed by atoms with van der Waals surface area (Å²) in [5.74, 6) is -1.82. The van der Waals surface area contributed by atoms with E-state index in [1.54, 1.807) is 61.7 Å². The van der Waals surface area contributed by atoms with Crippen molar-refractivity contribution in [1.29, 1.82) is 0 Å². The fourth-order valence-corrected chi connectivity index (χ4v) is 3.56. The third kappa shape index (κ3) is 4.51. The molecule has 5 nitrogen and oxygen atoms in total. The molecule has 4 aromatic rings. The lowest BCUT2D eigenvalue weighted by Crippen LogP contribution is -2.27. The van der Waals surface area contributed by atoms with E-state index < -0.39 is 11.8 Å². The maximum absolute atomic E-state index is 13.8. The molecule has 2 aromatic heterocycles. The lowest BCUT2D eigenvalue weighted by atomic mass is 9.83. The third-order valence-corrected chi connectivity index (χ3v) is 5.14. The Morgan fingerprint density at radius 2 is 1.13 bits per heavy atom. The molecule has 0 bridgehead atoms. The number of ketones is 1. The van der Waals surface area contributed by atoms with Crippen LogP contribution in [0, 0.1) is 11.6 Å². The quantitative estimate of drug-likeness (QED) is 0.441. The fraction of sp³-hybridized carbons (Fsp3) is 0.174. The number of carbonyl (C=O) groups is 1. The van der Waals surface area contributed by atoms with Gasteiger partial charge in [-0.05, 0) is 35.4 Å². The van der Waals surface area contributed by atoms with Crippen LogP contribution in [-0.4, -0.2) is 24.9 Å². The summed E-state index contributed by atoms with van der Waals surface area (Å²) in [7, 11) is 0. The third-order valence-electron chi connectivity index (χ3n) is 5.14. The molecule has 0 aliphatic heterocycles. The zero-order chi connectivity index (χ0) is 20.9. The number of halogens is 2. The van der Waals surface area contributed by atoms with Gasteiger partial charge < -0.3 is 9.13 Å². The van der Waals surface area contributed by atoms with Crippen LogP contribution in [0.15, 0.2) is 86.0 Å². The van der Waals surface area contributed by atoms with Gasteiger partial charge in [0.2, 0.25) is 0 Å². The average Bonchev–Trinajstić information content (AvgIpc) is 3.46. The van der Waals surface area contributed by atoms with Crippen molar-refractivity contribution in [3.05, 3.63) is 109 Å². The van der Waals surface area contributed by atoms with E-state index in [4.69, 9.17) is 0 Å². The number of hydrogen-bond acceptors (Lipinski definition) is 3. The molecular weight excluding hydrogens is 386 g/mol. The van der Waals surface area contributed by atoms with Crippen LogP contribution in [0.3, 0.4) is 0 Å². The highest BCUT2D eigenvalue weighted by Crippen LogP contribution is 2.30. The summed E-state index contributed by atoms with van der Waals surface area (Å²) >= 11 is 0. The van der Waals surface area contributed by atoms with Crippen molar-refractivity contribution in [3.63, 3.8) is 0 Å². The minimum atomic E-state index is -0.529. The van der Waals surface area contributed by atoms with Crippen LogP contribution in [0.2, 0.25) is 0 Å². The molecule has 2 heterocycles. The van der Waals surface area contributed by atoms with Crippen LogP contribution in [-0.2, 0) is 17.9 Å². The molecule has 0 saturated carbocycles. The maximum atomic E-state index is 13.8. The van der Waals surface area contributed by atoms with Crippen molar-refractivity contribution in [3.8, 4) is 0 Å². The van der Waals surface area contributed by atoms with Crippen molar-refractivity contribution in [1.82, 2.24) is 19.1 Å². The number of rotatable bonds is 8. The van der Waals surface area contributed by atoms with Crippen LogP contribution < -0.4 is 0 Å². The molecule has 0 fully saturated rings. The highest BCUT2D eigenvalue weighted by Gasteiger charge is 2.30. The molecule has 7 heteroatoms. The van der Waals surface area contributed by atoms with Crippen LogP contribution in [0.1, 0.15) is 23.0 Å². The SMILES string of the molecule is O=C(C(Cn1ccnc1)c1ccc(F)cc1)C(Cn1ccnc1)c1ccc(F)cc1. The van der Waals surface area contributed by atoms with E-state index in [-0.39, 0.29) is 17.4 Å². The fourth-order valence-electron chi connectivity index (χ4n) is 3.56. The summed E-state index contributed by atoms with van der Waals surface area (Å²) in [6, 6.07) is 11.9. The first-order valence-electron chi connectivity index (χ1n) is 9.56. The molecule has 2 unspecified atom stereocenters. The van der Waals surface area contributed by atoms with Gasteiger partial charge in [0.1, 0.15) is 11.6 Å². The topological polar surface area (TPSA) is 52.7 Å². The molecule has 0 aliphatic carbocycles. The Hall–Kier alpha value is -3.61. The van der Waals surface area contributed by atoms with Gasteiger partial charge in [0, 0.05) is 37.9 Å². The van der Waals surface area contributed by atoms with Crippen LogP contribution in [0.5, 0.6) is 0 Å². The zero-order valence-electron chi connectivity index (χ0n) is 16.1. The molecule has 0 spiro atoms. The van der Waals surface area contributed by atoms with E-state index in [2.05, 4.69) is 9.97 Å². The van der Waals surface area contributed by atoms with Gasteiger partial charge in [0.15, 0.2) is 5.78 Å². The van der Waals surface area contributed by atoms with Gasteiger partial charge in [0.05, 0.1) is 24.5 Å². The second-order valence-corrected chi connectivity index (χ2v) is 7.13. The van der Waals surface area contributed by atoms with Gasteiger partial charge >= 0.3 is 0 Å². The normalized spacial score (nSPS) is 13.1. The van der Waals surface area contributed by atoms with E-state index in [1.165, 1.54) is 24.3 Å². The first-order chi connectivity index (χ1) is 14.6. The molecular formula is C23H20F2N4O. The van der Waals surface area contributed by atoms with Gasteiger partial charge in [0.25, 0.3) is 0 Å². The predicted octanol–water partition coefficient (Wildman–Crippen LogP) is 4.19. The van der Waals surface area contributed by atoms with Crippen LogP contribution in [0.4, 0.5) is 8.78 Å². The highest BCUT2D eigenvalue weighted by atomic mass is 19.1. The Balaban J connectivity index is 1.72. The summed E-state index contributed by atoms with van der Waals surface area (Å²) in [4.78, 5) is 21.9. The highest BCUT2D eigenvalue weighted by molar-refractivity contribution is 5.91. The van der Waals surface area contributed by atoms with Gasteiger partial charge in [-0.25, -0.2) is 18.7 Å². The second-order valence-electron chi connectivity index (χ2n) is 7.13. The van der Waals surface area contributed by atoms with Gasteiger partial charge in [-0.3, -0.25) is 4.79 Å². The van der Waals surface area contributed by atoms with E-state index in [1.807, 2.05) is 9.13 Å². The minimum Gasteiger partial charge on any atom is -0.336 e. The van der Waals surface area contributed by atoms with Crippen molar-refractivity contribution >= 4 is 5.78 Å².